The third kappa shape index (κ3) is 3.70. The standard InChI is InChI=1S/C20H17N7O/c1-12-4-2-6-15(24-12)17-11-16(14-5-3-8-23-19(14)26-17)25-13-7-9-22-18(10-13)27-20(21)28/h2-11H,1H3,(H4,21,22,23,25,26,27,28). The number of amides is 2. The molecule has 0 bridgehead atoms. The summed E-state index contributed by atoms with van der Waals surface area (Å²) in [6.45, 7) is 1.94. The minimum Gasteiger partial charge on any atom is -0.355 e. The quantitative estimate of drug-likeness (QED) is 0.504. The summed E-state index contributed by atoms with van der Waals surface area (Å²) in [7, 11) is 0. The Morgan fingerprint density at radius 1 is 0.964 bits per heavy atom. The van der Waals surface area contributed by atoms with Crippen LogP contribution in [0.2, 0.25) is 0 Å². The highest BCUT2D eigenvalue weighted by Crippen LogP contribution is 2.29. The van der Waals surface area contributed by atoms with Crippen molar-refractivity contribution in [2.75, 3.05) is 10.6 Å². The topological polar surface area (TPSA) is 119 Å². The van der Waals surface area contributed by atoms with E-state index in [2.05, 4.69) is 30.6 Å². The van der Waals surface area contributed by atoms with Gasteiger partial charge in [-0.25, -0.2) is 19.7 Å². The Bertz CT molecular complexity index is 1180. The summed E-state index contributed by atoms with van der Waals surface area (Å²) in [5.41, 5.74) is 9.70. The zero-order valence-corrected chi connectivity index (χ0v) is 15.0. The minimum absolute atomic E-state index is 0.356. The van der Waals surface area contributed by atoms with Crippen molar-refractivity contribution in [2.45, 2.75) is 6.92 Å². The second-order valence-electron chi connectivity index (χ2n) is 6.14. The third-order valence-corrected chi connectivity index (χ3v) is 4.03. The van der Waals surface area contributed by atoms with Crippen molar-refractivity contribution < 1.29 is 4.79 Å². The molecule has 0 saturated carbocycles. The number of nitrogens with one attached hydrogen (secondary N) is 2. The fourth-order valence-corrected chi connectivity index (χ4v) is 2.84. The smallest absolute Gasteiger partial charge is 0.317 e. The monoisotopic (exact) mass is 371 g/mol. The van der Waals surface area contributed by atoms with Crippen LogP contribution in [0, 0.1) is 6.92 Å². The number of aromatic nitrogens is 4. The molecule has 0 aliphatic carbocycles. The van der Waals surface area contributed by atoms with E-state index in [4.69, 9.17) is 5.73 Å². The number of carbonyl (C=O) groups is 1. The molecule has 0 atom stereocenters. The lowest BCUT2D eigenvalue weighted by molar-refractivity contribution is 0.259. The molecule has 0 spiro atoms. The molecule has 0 saturated heterocycles. The normalized spacial score (nSPS) is 10.6. The van der Waals surface area contributed by atoms with E-state index < -0.39 is 6.03 Å². The summed E-state index contributed by atoms with van der Waals surface area (Å²) in [5.74, 6) is 0.356. The van der Waals surface area contributed by atoms with Crippen molar-refractivity contribution >= 4 is 34.3 Å². The van der Waals surface area contributed by atoms with E-state index in [1.165, 1.54) is 0 Å². The first-order valence-electron chi connectivity index (χ1n) is 8.58. The van der Waals surface area contributed by atoms with Gasteiger partial charge in [-0.3, -0.25) is 10.3 Å². The van der Waals surface area contributed by atoms with Crippen LogP contribution < -0.4 is 16.4 Å². The van der Waals surface area contributed by atoms with Gasteiger partial charge in [-0.2, -0.15) is 0 Å². The van der Waals surface area contributed by atoms with Crippen molar-refractivity contribution in [3.05, 3.63) is 66.6 Å². The summed E-state index contributed by atoms with van der Waals surface area (Å²) in [4.78, 5) is 28.7. The van der Waals surface area contributed by atoms with Gasteiger partial charge in [0.15, 0.2) is 5.65 Å². The average molecular weight is 371 g/mol. The Kier molecular flexibility index (Phi) is 4.51. The van der Waals surface area contributed by atoms with Crippen LogP contribution in [-0.2, 0) is 0 Å². The lowest BCUT2D eigenvalue weighted by atomic mass is 10.1. The fraction of sp³-hybridized carbons (Fsp3) is 0.0500. The minimum atomic E-state index is -0.670. The molecular formula is C20H17N7O. The molecule has 4 heterocycles. The number of aryl methyl sites for hydroxylation is 1. The molecule has 28 heavy (non-hydrogen) atoms. The number of nitrogens with zero attached hydrogens (tertiary/aromatic N) is 4. The third-order valence-electron chi connectivity index (χ3n) is 4.03. The van der Waals surface area contributed by atoms with Crippen LogP contribution in [0.3, 0.4) is 0 Å². The SMILES string of the molecule is Cc1cccc(-c2cc(Nc3ccnc(NC(N)=O)c3)c3cccnc3n2)n1. The van der Waals surface area contributed by atoms with Crippen molar-refractivity contribution in [2.24, 2.45) is 5.73 Å². The number of rotatable bonds is 4. The highest BCUT2D eigenvalue weighted by atomic mass is 16.2. The molecular weight excluding hydrogens is 354 g/mol. The molecule has 4 N–H and O–H groups in total. The Balaban J connectivity index is 1.79. The van der Waals surface area contributed by atoms with E-state index in [0.717, 1.165) is 28.1 Å². The van der Waals surface area contributed by atoms with Crippen LogP contribution in [0.5, 0.6) is 0 Å². The van der Waals surface area contributed by atoms with Gasteiger partial charge in [-0.05, 0) is 43.3 Å². The van der Waals surface area contributed by atoms with E-state index in [9.17, 15) is 4.79 Å². The molecule has 2 amide bonds. The maximum absolute atomic E-state index is 11.1. The zero-order chi connectivity index (χ0) is 19.5. The molecule has 0 aromatic carbocycles. The van der Waals surface area contributed by atoms with E-state index in [1.807, 2.05) is 43.3 Å². The number of pyridine rings is 4. The van der Waals surface area contributed by atoms with Crippen LogP contribution in [0.1, 0.15) is 5.69 Å². The molecule has 8 nitrogen and oxygen atoms in total. The van der Waals surface area contributed by atoms with Crippen LogP contribution >= 0.6 is 0 Å². The predicted octanol–water partition coefficient (Wildman–Crippen LogP) is 3.63. The first-order chi connectivity index (χ1) is 13.6. The second kappa shape index (κ2) is 7.28. The van der Waals surface area contributed by atoms with E-state index >= 15 is 0 Å². The number of primary amides is 1. The van der Waals surface area contributed by atoms with Gasteiger partial charge in [0.25, 0.3) is 0 Å². The Morgan fingerprint density at radius 3 is 2.68 bits per heavy atom. The molecule has 8 heteroatoms. The van der Waals surface area contributed by atoms with E-state index in [0.29, 0.717) is 17.2 Å². The van der Waals surface area contributed by atoms with E-state index in [-0.39, 0.29) is 0 Å². The highest BCUT2D eigenvalue weighted by molar-refractivity contribution is 5.93. The Hall–Kier alpha value is -4.07. The van der Waals surface area contributed by atoms with Gasteiger partial charge in [0.2, 0.25) is 0 Å². The average Bonchev–Trinajstić information content (AvgIpc) is 2.68. The number of hydrogen-bond donors (Lipinski definition) is 3. The van der Waals surface area contributed by atoms with Gasteiger partial charge < -0.3 is 11.1 Å². The molecule has 4 aromatic heterocycles. The number of carbonyl (C=O) groups excluding carboxylic acids is 1. The predicted molar refractivity (Wildman–Crippen MR) is 108 cm³/mol. The van der Waals surface area contributed by atoms with Crippen LogP contribution in [0.25, 0.3) is 22.4 Å². The summed E-state index contributed by atoms with van der Waals surface area (Å²) in [6.07, 6.45) is 3.28. The lowest BCUT2D eigenvalue weighted by Crippen LogP contribution is -2.19. The summed E-state index contributed by atoms with van der Waals surface area (Å²) >= 11 is 0. The molecule has 0 radical (unpaired) electrons. The van der Waals surface area contributed by atoms with Gasteiger partial charge in [0, 0.05) is 35.2 Å². The summed E-state index contributed by atoms with van der Waals surface area (Å²) in [5, 5.41) is 6.67. The van der Waals surface area contributed by atoms with Gasteiger partial charge in [0.05, 0.1) is 17.1 Å². The maximum Gasteiger partial charge on any atom is 0.317 e. The molecule has 4 rings (SSSR count). The summed E-state index contributed by atoms with van der Waals surface area (Å²) in [6, 6.07) is 14.3. The first kappa shape index (κ1) is 17.3. The van der Waals surface area contributed by atoms with Gasteiger partial charge >= 0.3 is 6.03 Å². The number of hydrogen-bond acceptors (Lipinski definition) is 6. The fourth-order valence-electron chi connectivity index (χ4n) is 2.84. The largest absolute Gasteiger partial charge is 0.355 e. The van der Waals surface area contributed by atoms with Gasteiger partial charge in [0.1, 0.15) is 5.82 Å². The molecule has 0 fully saturated rings. The van der Waals surface area contributed by atoms with Crippen LogP contribution in [-0.4, -0.2) is 26.0 Å². The Labute approximate surface area is 160 Å². The van der Waals surface area contributed by atoms with Crippen LogP contribution in [0.4, 0.5) is 22.0 Å². The molecule has 0 aliphatic heterocycles. The number of urea groups is 1. The molecule has 138 valence electrons. The van der Waals surface area contributed by atoms with Crippen molar-refractivity contribution in [1.82, 2.24) is 19.9 Å². The number of fused-ring (bicyclic) bond motifs is 1. The number of anilines is 3. The second-order valence-corrected chi connectivity index (χ2v) is 6.14. The van der Waals surface area contributed by atoms with Gasteiger partial charge in [-0.15, -0.1) is 0 Å². The molecule has 0 unspecified atom stereocenters. The first-order valence-corrected chi connectivity index (χ1v) is 8.58. The van der Waals surface area contributed by atoms with Gasteiger partial charge in [-0.1, -0.05) is 6.07 Å². The van der Waals surface area contributed by atoms with E-state index in [1.54, 1.807) is 24.5 Å². The molecule has 0 aliphatic rings. The lowest BCUT2D eigenvalue weighted by Gasteiger charge is -2.12. The highest BCUT2D eigenvalue weighted by Gasteiger charge is 2.10. The number of nitrogens with two attached hydrogens (primary N) is 1. The van der Waals surface area contributed by atoms with Crippen molar-refractivity contribution in [3.8, 4) is 11.4 Å². The van der Waals surface area contributed by atoms with Crippen molar-refractivity contribution in [1.29, 1.82) is 0 Å². The van der Waals surface area contributed by atoms with Crippen molar-refractivity contribution in [3.63, 3.8) is 0 Å². The Morgan fingerprint density at radius 2 is 1.86 bits per heavy atom. The molecule has 4 aromatic rings. The summed E-state index contributed by atoms with van der Waals surface area (Å²) < 4.78 is 0. The zero-order valence-electron chi connectivity index (χ0n) is 15.0. The van der Waals surface area contributed by atoms with Crippen LogP contribution in [0.15, 0.2) is 60.9 Å². The maximum atomic E-state index is 11.1.